The van der Waals surface area contributed by atoms with Gasteiger partial charge in [-0.05, 0) is 47.9 Å². The zero-order valence-electron chi connectivity index (χ0n) is 14.9. The van der Waals surface area contributed by atoms with E-state index < -0.39 is 6.04 Å². The summed E-state index contributed by atoms with van der Waals surface area (Å²) in [5.41, 5.74) is 1.50. The molecule has 0 aliphatic rings. The molecule has 0 saturated heterocycles. The molecule has 7 heteroatoms. The lowest BCUT2D eigenvalue weighted by molar-refractivity contribution is -0.121. The Labute approximate surface area is 161 Å². The predicted molar refractivity (Wildman–Crippen MR) is 101 cm³/mol. The van der Waals surface area contributed by atoms with Crippen LogP contribution in [-0.2, 0) is 11.2 Å². The summed E-state index contributed by atoms with van der Waals surface area (Å²) in [6.45, 7) is 3.91. The van der Waals surface area contributed by atoms with Gasteiger partial charge in [-0.15, -0.1) is 0 Å². The number of rotatable bonds is 6. The molecule has 0 bridgehead atoms. The van der Waals surface area contributed by atoms with Crippen molar-refractivity contribution in [1.82, 2.24) is 15.5 Å². The van der Waals surface area contributed by atoms with Gasteiger partial charge in [-0.25, -0.2) is 4.39 Å². The van der Waals surface area contributed by atoms with Gasteiger partial charge in [0.15, 0.2) is 0 Å². The van der Waals surface area contributed by atoms with Crippen molar-refractivity contribution >= 4 is 17.5 Å². The normalized spacial score (nSPS) is 12.2. The van der Waals surface area contributed by atoms with Crippen LogP contribution in [0.3, 0.4) is 0 Å². The van der Waals surface area contributed by atoms with Crippen LogP contribution in [-0.4, -0.2) is 16.0 Å². The molecule has 0 spiro atoms. The number of carbonyl (C=O) groups is 1. The molecule has 1 N–H and O–H groups in total. The van der Waals surface area contributed by atoms with Crippen molar-refractivity contribution in [2.24, 2.45) is 5.92 Å². The van der Waals surface area contributed by atoms with Crippen molar-refractivity contribution in [2.45, 2.75) is 26.3 Å². The summed E-state index contributed by atoms with van der Waals surface area (Å²) in [5, 5.41) is 7.54. The van der Waals surface area contributed by atoms with E-state index in [0.717, 1.165) is 11.1 Å². The van der Waals surface area contributed by atoms with E-state index in [1.54, 1.807) is 36.4 Å². The van der Waals surface area contributed by atoms with Crippen molar-refractivity contribution in [1.29, 1.82) is 0 Å². The molecule has 1 heterocycles. The summed E-state index contributed by atoms with van der Waals surface area (Å²) in [6.07, 6.45) is 0.141. The fraction of sp³-hybridized carbons (Fsp3) is 0.250. The Morgan fingerprint density at radius 1 is 1.15 bits per heavy atom. The average molecular weight is 388 g/mol. The second-order valence-corrected chi connectivity index (χ2v) is 6.99. The summed E-state index contributed by atoms with van der Waals surface area (Å²) >= 11 is 5.90. The van der Waals surface area contributed by atoms with Crippen molar-refractivity contribution in [2.75, 3.05) is 0 Å². The minimum Gasteiger partial charge on any atom is -0.344 e. The van der Waals surface area contributed by atoms with Crippen LogP contribution < -0.4 is 5.32 Å². The van der Waals surface area contributed by atoms with Crippen LogP contribution in [0.4, 0.5) is 4.39 Å². The lowest BCUT2D eigenvalue weighted by Crippen LogP contribution is -2.33. The van der Waals surface area contributed by atoms with Crippen LogP contribution >= 0.6 is 11.6 Å². The highest BCUT2D eigenvalue weighted by Crippen LogP contribution is 2.24. The molecule has 3 aromatic rings. The maximum atomic E-state index is 13.0. The molecule has 0 radical (unpaired) electrons. The molecule has 0 aliphatic heterocycles. The van der Waals surface area contributed by atoms with Gasteiger partial charge in [0.2, 0.25) is 17.6 Å². The highest BCUT2D eigenvalue weighted by atomic mass is 35.5. The molecule has 2 aromatic carbocycles. The molecular weight excluding hydrogens is 369 g/mol. The monoisotopic (exact) mass is 387 g/mol. The summed E-state index contributed by atoms with van der Waals surface area (Å²) in [6, 6.07) is 12.5. The maximum absolute atomic E-state index is 13.0. The van der Waals surface area contributed by atoms with Crippen LogP contribution in [0.5, 0.6) is 0 Å². The van der Waals surface area contributed by atoms with Crippen molar-refractivity contribution in [3.05, 3.63) is 70.8 Å². The molecule has 1 atom stereocenters. The Hall–Kier alpha value is -2.73. The van der Waals surface area contributed by atoms with E-state index in [4.69, 9.17) is 16.1 Å². The van der Waals surface area contributed by atoms with E-state index in [1.807, 2.05) is 13.8 Å². The smallest absolute Gasteiger partial charge is 0.249 e. The Bertz CT molecular complexity index is 908. The predicted octanol–water partition coefficient (Wildman–Crippen LogP) is 4.59. The summed E-state index contributed by atoms with van der Waals surface area (Å²) in [7, 11) is 0. The fourth-order valence-electron chi connectivity index (χ4n) is 2.60. The quantitative estimate of drug-likeness (QED) is 0.672. The number of nitrogens with zero attached hydrogens (tertiary/aromatic N) is 2. The topological polar surface area (TPSA) is 68.0 Å². The van der Waals surface area contributed by atoms with E-state index >= 15 is 0 Å². The Morgan fingerprint density at radius 3 is 2.44 bits per heavy atom. The van der Waals surface area contributed by atoms with Crippen molar-refractivity contribution in [3.63, 3.8) is 0 Å². The van der Waals surface area contributed by atoms with Gasteiger partial charge in [-0.1, -0.05) is 42.7 Å². The van der Waals surface area contributed by atoms with E-state index in [1.165, 1.54) is 12.1 Å². The Balaban J connectivity index is 1.72. The first kappa shape index (κ1) is 19.0. The first-order valence-electron chi connectivity index (χ1n) is 8.55. The number of amides is 1. The number of hydrogen-bond donors (Lipinski definition) is 1. The number of hydrogen-bond acceptors (Lipinski definition) is 4. The van der Waals surface area contributed by atoms with Gasteiger partial charge >= 0.3 is 0 Å². The molecular formula is C20H19ClFN3O2. The van der Waals surface area contributed by atoms with Crippen LogP contribution in [0.25, 0.3) is 11.4 Å². The second kappa shape index (κ2) is 8.31. The zero-order chi connectivity index (χ0) is 19.4. The standard InChI is InChI=1S/C20H19ClFN3O2/c1-12(2)18(23-17(26)11-13-3-9-16(22)10-4-13)20-24-19(25-27-20)14-5-7-15(21)8-6-14/h3-10,12,18H,11H2,1-2H3,(H,23,26)/t18-/m1/s1. The average Bonchev–Trinajstić information content (AvgIpc) is 3.12. The minimum absolute atomic E-state index is 0.0423. The molecule has 1 aromatic heterocycles. The van der Waals surface area contributed by atoms with Gasteiger partial charge in [0.25, 0.3) is 0 Å². The van der Waals surface area contributed by atoms with Gasteiger partial charge in [-0.2, -0.15) is 4.98 Å². The van der Waals surface area contributed by atoms with E-state index in [9.17, 15) is 9.18 Å². The van der Waals surface area contributed by atoms with Crippen LogP contribution in [0.2, 0.25) is 5.02 Å². The lowest BCUT2D eigenvalue weighted by atomic mass is 10.0. The molecule has 1 amide bonds. The number of aromatic nitrogens is 2. The molecule has 0 unspecified atom stereocenters. The molecule has 0 aliphatic carbocycles. The van der Waals surface area contributed by atoms with Gasteiger partial charge in [-0.3, -0.25) is 4.79 Å². The number of benzene rings is 2. The highest BCUT2D eigenvalue weighted by Gasteiger charge is 2.25. The minimum atomic E-state index is -0.425. The molecule has 5 nitrogen and oxygen atoms in total. The van der Waals surface area contributed by atoms with E-state index in [2.05, 4.69) is 15.5 Å². The van der Waals surface area contributed by atoms with Crippen LogP contribution in [0, 0.1) is 11.7 Å². The van der Waals surface area contributed by atoms with Crippen LogP contribution in [0.15, 0.2) is 53.1 Å². The largest absolute Gasteiger partial charge is 0.344 e. The molecule has 140 valence electrons. The van der Waals surface area contributed by atoms with E-state index in [0.29, 0.717) is 16.7 Å². The van der Waals surface area contributed by atoms with Gasteiger partial charge < -0.3 is 9.84 Å². The van der Waals surface area contributed by atoms with Crippen LogP contribution in [0.1, 0.15) is 31.3 Å². The molecule has 27 heavy (non-hydrogen) atoms. The maximum Gasteiger partial charge on any atom is 0.249 e. The first-order chi connectivity index (χ1) is 12.9. The van der Waals surface area contributed by atoms with Gasteiger partial charge in [0.05, 0.1) is 6.42 Å². The molecule has 0 fully saturated rings. The van der Waals surface area contributed by atoms with Gasteiger partial charge in [0, 0.05) is 10.6 Å². The third-order valence-electron chi connectivity index (χ3n) is 4.07. The van der Waals surface area contributed by atoms with Gasteiger partial charge in [0.1, 0.15) is 11.9 Å². The molecule has 3 rings (SSSR count). The highest BCUT2D eigenvalue weighted by molar-refractivity contribution is 6.30. The number of carbonyl (C=O) groups excluding carboxylic acids is 1. The summed E-state index contributed by atoms with van der Waals surface area (Å²) in [5.74, 6) is 0.273. The Morgan fingerprint density at radius 2 is 1.81 bits per heavy atom. The summed E-state index contributed by atoms with van der Waals surface area (Å²) in [4.78, 5) is 16.8. The molecule has 0 saturated carbocycles. The van der Waals surface area contributed by atoms with E-state index in [-0.39, 0.29) is 24.1 Å². The summed E-state index contributed by atoms with van der Waals surface area (Å²) < 4.78 is 18.4. The number of nitrogens with one attached hydrogen (secondary N) is 1. The third kappa shape index (κ3) is 4.92. The fourth-order valence-corrected chi connectivity index (χ4v) is 2.73. The second-order valence-electron chi connectivity index (χ2n) is 6.56. The van der Waals surface area contributed by atoms with Crippen molar-refractivity contribution in [3.8, 4) is 11.4 Å². The SMILES string of the molecule is CC(C)[C@@H](NC(=O)Cc1ccc(F)cc1)c1nc(-c2ccc(Cl)cc2)no1. The first-order valence-corrected chi connectivity index (χ1v) is 8.93. The zero-order valence-corrected chi connectivity index (χ0v) is 15.7. The number of halogens is 2. The third-order valence-corrected chi connectivity index (χ3v) is 4.32. The lowest BCUT2D eigenvalue weighted by Gasteiger charge is -2.18. The van der Waals surface area contributed by atoms with Crippen molar-refractivity contribution < 1.29 is 13.7 Å². The Kier molecular flexibility index (Phi) is 5.86.